The van der Waals surface area contributed by atoms with Crippen molar-refractivity contribution in [2.45, 2.75) is 38.5 Å². The number of carbonyl (C=O) groups excluding carboxylic acids is 2. The van der Waals surface area contributed by atoms with Gasteiger partial charge in [-0.15, -0.1) is 11.3 Å². The van der Waals surface area contributed by atoms with Gasteiger partial charge in [-0.05, 0) is 43.2 Å². The zero-order valence-electron chi connectivity index (χ0n) is 15.2. The van der Waals surface area contributed by atoms with Crippen LogP contribution >= 0.6 is 11.3 Å². The van der Waals surface area contributed by atoms with Crippen LogP contribution in [0, 0.1) is 5.92 Å². The van der Waals surface area contributed by atoms with Gasteiger partial charge in [0, 0.05) is 36.8 Å². The van der Waals surface area contributed by atoms with E-state index in [-0.39, 0.29) is 11.8 Å². The van der Waals surface area contributed by atoms with E-state index in [1.165, 1.54) is 12.8 Å². The topological polar surface area (TPSA) is 40.6 Å². The van der Waals surface area contributed by atoms with Gasteiger partial charge in [0.25, 0.3) is 5.91 Å². The first-order chi connectivity index (χ1) is 12.7. The molecule has 5 heteroatoms. The van der Waals surface area contributed by atoms with Crippen LogP contribution in [0.1, 0.15) is 48.2 Å². The number of rotatable bonds is 2. The Labute approximate surface area is 158 Å². The predicted molar refractivity (Wildman–Crippen MR) is 106 cm³/mol. The molecule has 2 aromatic rings. The summed E-state index contributed by atoms with van der Waals surface area (Å²) in [5.41, 5.74) is 0. The van der Waals surface area contributed by atoms with E-state index >= 15 is 0 Å². The molecule has 0 aliphatic carbocycles. The first kappa shape index (κ1) is 17.5. The molecule has 2 aliphatic heterocycles. The lowest BCUT2D eigenvalue weighted by molar-refractivity contribution is -0.136. The summed E-state index contributed by atoms with van der Waals surface area (Å²) < 4.78 is 1.15. The van der Waals surface area contributed by atoms with E-state index in [0.29, 0.717) is 19.0 Å². The Balaban J connectivity index is 1.36. The highest BCUT2D eigenvalue weighted by molar-refractivity contribution is 7.20. The SMILES string of the molecule is O=C(c1cc2ccccc2s1)N1CCC(C(=O)N2CCCCCC2)CC1. The van der Waals surface area contributed by atoms with Gasteiger partial charge in [0.15, 0.2) is 0 Å². The minimum atomic E-state index is 0.0968. The summed E-state index contributed by atoms with van der Waals surface area (Å²) in [6, 6.07) is 10.1. The minimum absolute atomic E-state index is 0.0968. The van der Waals surface area contributed by atoms with Crippen LogP contribution in [0.25, 0.3) is 10.1 Å². The summed E-state index contributed by atoms with van der Waals surface area (Å²) in [7, 11) is 0. The molecule has 2 saturated heterocycles. The summed E-state index contributed by atoms with van der Waals surface area (Å²) in [6.07, 6.45) is 6.35. The third kappa shape index (κ3) is 3.63. The Morgan fingerprint density at radius 3 is 2.27 bits per heavy atom. The molecule has 0 spiro atoms. The van der Waals surface area contributed by atoms with Crippen molar-refractivity contribution < 1.29 is 9.59 Å². The molecular formula is C21H26N2O2S. The molecule has 4 rings (SSSR count). The number of thiophene rings is 1. The molecule has 2 aliphatic rings. The number of piperidine rings is 1. The van der Waals surface area contributed by atoms with Gasteiger partial charge in [0.1, 0.15) is 0 Å². The smallest absolute Gasteiger partial charge is 0.263 e. The molecule has 0 saturated carbocycles. The molecular weight excluding hydrogens is 344 g/mol. The van der Waals surface area contributed by atoms with E-state index in [4.69, 9.17) is 0 Å². The normalized spacial score (nSPS) is 19.5. The number of nitrogens with zero attached hydrogens (tertiary/aromatic N) is 2. The lowest BCUT2D eigenvalue weighted by Crippen LogP contribution is -2.44. The number of fused-ring (bicyclic) bond motifs is 1. The third-order valence-electron chi connectivity index (χ3n) is 5.69. The van der Waals surface area contributed by atoms with E-state index < -0.39 is 0 Å². The van der Waals surface area contributed by atoms with Gasteiger partial charge in [-0.2, -0.15) is 0 Å². The van der Waals surface area contributed by atoms with Gasteiger partial charge in [0.2, 0.25) is 5.91 Å². The highest BCUT2D eigenvalue weighted by Crippen LogP contribution is 2.28. The maximum absolute atomic E-state index is 12.8. The van der Waals surface area contributed by atoms with E-state index in [1.54, 1.807) is 11.3 Å². The van der Waals surface area contributed by atoms with E-state index in [0.717, 1.165) is 53.7 Å². The second-order valence-electron chi connectivity index (χ2n) is 7.45. The standard InChI is InChI=1S/C21H26N2O2S/c24-20(22-11-5-1-2-6-12-22)16-9-13-23(14-10-16)21(25)19-15-17-7-3-4-8-18(17)26-19/h3-4,7-8,15-16H,1-2,5-6,9-14H2. The number of carbonyl (C=O) groups is 2. The van der Waals surface area contributed by atoms with Gasteiger partial charge in [0.05, 0.1) is 4.88 Å². The van der Waals surface area contributed by atoms with Crippen LogP contribution in [0.3, 0.4) is 0 Å². The van der Waals surface area contributed by atoms with Crippen LogP contribution < -0.4 is 0 Å². The Morgan fingerprint density at radius 1 is 0.885 bits per heavy atom. The Bertz CT molecular complexity index is 751. The van der Waals surface area contributed by atoms with Crippen molar-refractivity contribution in [2.75, 3.05) is 26.2 Å². The number of hydrogen-bond acceptors (Lipinski definition) is 3. The van der Waals surface area contributed by atoms with Crippen molar-refractivity contribution in [3.05, 3.63) is 35.2 Å². The molecule has 2 fully saturated rings. The molecule has 0 radical (unpaired) electrons. The average Bonchev–Trinajstić information content (AvgIpc) is 2.93. The van der Waals surface area contributed by atoms with Crippen molar-refractivity contribution in [1.29, 1.82) is 0 Å². The molecule has 0 bridgehead atoms. The quantitative estimate of drug-likeness (QED) is 0.796. The summed E-state index contributed by atoms with van der Waals surface area (Å²) in [6.45, 7) is 3.22. The second kappa shape index (κ2) is 7.78. The van der Waals surface area contributed by atoms with Crippen molar-refractivity contribution in [3.63, 3.8) is 0 Å². The summed E-state index contributed by atoms with van der Waals surface area (Å²) >= 11 is 1.56. The van der Waals surface area contributed by atoms with Crippen LogP contribution in [0.5, 0.6) is 0 Å². The first-order valence-corrected chi connectivity index (χ1v) is 10.6. The fourth-order valence-corrected chi connectivity index (χ4v) is 5.15. The fourth-order valence-electron chi connectivity index (χ4n) is 4.12. The Hall–Kier alpha value is -1.88. The molecule has 1 aromatic carbocycles. The van der Waals surface area contributed by atoms with Crippen LogP contribution in [-0.4, -0.2) is 47.8 Å². The second-order valence-corrected chi connectivity index (χ2v) is 8.54. The minimum Gasteiger partial charge on any atom is -0.342 e. The number of benzene rings is 1. The zero-order valence-corrected chi connectivity index (χ0v) is 16.0. The van der Waals surface area contributed by atoms with E-state index in [2.05, 4.69) is 17.0 Å². The van der Waals surface area contributed by atoms with Crippen LogP contribution in [0.2, 0.25) is 0 Å². The van der Waals surface area contributed by atoms with Crippen molar-refractivity contribution in [1.82, 2.24) is 9.80 Å². The molecule has 0 N–H and O–H groups in total. The third-order valence-corrected chi connectivity index (χ3v) is 6.79. The molecule has 0 atom stereocenters. The molecule has 1 aromatic heterocycles. The first-order valence-electron chi connectivity index (χ1n) is 9.79. The Kier molecular flexibility index (Phi) is 5.25. The number of hydrogen-bond donors (Lipinski definition) is 0. The van der Waals surface area contributed by atoms with Gasteiger partial charge in [-0.25, -0.2) is 0 Å². The molecule has 2 amide bonds. The predicted octanol–water partition coefficient (Wildman–Crippen LogP) is 4.16. The van der Waals surface area contributed by atoms with Gasteiger partial charge in [-0.1, -0.05) is 31.0 Å². The van der Waals surface area contributed by atoms with Crippen molar-refractivity contribution >= 4 is 33.2 Å². The fraction of sp³-hybridized carbons (Fsp3) is 0.524. The van der Waals surface area contributed by atoms with Crippen LogP contribution in [0.4, 0.5) is 0 Å². The highest BCUT2D eigenvalue weighted by Gasteiger charge is 2.31. The summed E-state index contributed by atoms with van der Waals surface area (Å²) in [5.74, 6) is 0.535. The molecule has 4 nitrogen and oxygen atoms in total. The molecule has 26 heavy (non-hydrogen) atoms. The average molecular weight is 371 g/mol. The molecule has 138 valence electrons. The van der Waals surface area contributed by atoms with Crippen LogP contribution in [-0.2, 0) is 4.79 Å². The largest absolute Gasteiger partial charge is 0.342 e. The molecule has 0 unspecified atom stereocenters. The highest BCUT2D eigenvalue weighted by atomic mass is 32.1. The summed E-state index contributed by atoms with van der Waals surface area (Å²) in [4.78, 5) is 30.4. The number of amides is 2. The lowest BCUT2D eigenvalue weighted by Gasteiger charge is -2.33. The van der Waals surface area contributed by atoms with E-state index in [9.17, 15) is 9.59 Å². The Morgan fingerprint density at radius 2 is 1.58 bits per heavy atom. The van der Waals surface area contributed by atoms with Gasteiger partial charge >= 0.3 is 0 Å². The van der Waals surface area contributed by atoms with Crippen LogP contribution in [0.15, 0.2) is 30.3 Å². The van der Waals surface area contributed by atoms with Gasteiger partial charge < -0.3 is 9.80 Å². The lowest BCUT2D eigenvalue weighted by atomic mass is 9.95. The van der Waals surface area contributed by atoms with E-state index in [1.807, 2.05) is 23.1 Å². The maximum Gasteiger partial charge on any atom is 0.263 e. The monoisotopic (exact) mass is 370 g/mol. The van der Waals surface area contributed by atoms with Crippen molar-refractivity contribution in [3.8, 4) is 0 Å². The molecule has 3 heterocycles. The zero-order chi connectivity index (χ0) is 17.9. The maximum atomic E-state index is 12.8. The number of likely N-dealkylation sites (tertiary alicyclic amines) is 2. The van der Waals surface area contributed by atoms with Crippen molar-refractivity contribution in [2.24, 2.45) is 5.92 Å². The summed E-state index contributed by atoms with van der Waals surface area (Å²) in [5, 5.41) is 1.13. The van der Waals surface area contributed by atoms with Gasteiger partial charge in [-0.3, -0.25) is 9.59 Å².